The molecule has 2 N–H and O–H groups in total. The molecule has 2 rings (SSSR count). The summed E-state index contributed by atoms with van der Waals surface area (Å²) in [4.78, 5) is 2.14. The Kier molecular flexibility index (Phi) is 4.46. The van der Waals surface area contributed by atoms with E-state index >= 15 is 0 Å². The van der Waals surface area contributed by atoms with E-state index in [0.29, 0.717) is 12.5 Å². The third-order valence-corrected chi connectivity index (χ3v) is 3.05. The van der Waals surface area contributed by atoms with E-state index in [0.717, 1.165) is 24.7 Å². The maximum atomic E-state index is 5.69. The molecule has 1 aromatic carbocycles. The molecule has 0 saturated carbocycles. The van der Waals surface area contributed by atoms with Crippen molar-refractivity contribution in [1.29, 1.82) is 0 Å². The molecule has 0 amide bonds. The van der Waals surface area contributed by atoms with Gasteiger partial charge in [-0.05, 0) is 41.9 Å². The molecule has 0 saturated heterocycles. The molecule has 0 aliphatic carbocycles. The summed E-state index contributed by atoms with van der Waals surface area (Å²) < 4.78 is 1.76. The first-order valence-corrected chi connectivity index (χ1v) is 6.55. The minimum Gasteiger partial charge on any atom is -0.339 e. The molecular formula is C13H20N6. The highest BCUT2D eigenvalue weighted by Crippen LogP contribution is 2.16. The van der Waals surface area contributed by atoms with Crippen molar-refractivity contribution >= 4 is 5.95 Å². The van der Waals surface area contributed by atoms with Crippen LogP contribution < -0.4 is 10.6 Å². The van der Waals surface area contributed by atoms with E-state index in [-0.39, 0.29) is 0 Å². The molecule has 102 valence electrons. The van der Waals surface area contributed by atoms with Crippen LogP contribution in [0.25, 0.3) is 5.69 Å². The van der Waals surface area contributed by atoms with Crippen LogP contribution in [-0.4, -0.2) is 39.8 Å². The number of nitrogens with zero attached hydrogens (tertiary/aromatic N) is 5. The van der Waals surface area contributed by atoms with Gasteiger partial charge < -0.3 is 10.6 Å². The number of rotatable bonds is 6. The third-order valence-electron chi connectivity index (χ3n) is 3.05. The standard InChI is InChI=1S/C13H20N6/c1-3-18(10-11(2)9-14)13-15-16-17-19(13)12-7-5-4-6-8-12/h4-8,11H,3,9-10,14H2,1-2H3. The van der Waals surface area contributed by atoms with Gasteiger partial charge in [-0.3, -0.25) is 0 Å². The van der Waals surface area contributed by atoms with Gasteiger partial charge in [-0.2, -0.15) is 4.68 Å². The zero-order chi connectivity index (χ0) is 13.7. The molecule has 1 aromatic heterocycles. The zero-order valence-electron chi connectivity index (χ0n) is 11.4. The molecule has 0 spiro atoms. The highest BCUT2D eigenvalue weighted by atomic mass is 15.6. The first-order valence-electron chi connectivity index (χ1n) is 6.55. The number of anilines is 1. The van der Waals surface area contributed by atoms with Crippen molar-refractivity contribution in [2.24, 2.45) is 11.7 Å². The molecule has 1 atom stereocenters. The van der Waals surface area contributed by atoms with Gasteiger partial charge in [0.25, 0.3) is 0 Å². The van der Waals surface area contributed by atoms with Crippen molar-refractivity contribution in [1.82, 2.24) is 20.2 Å². The van der Waals surface area contributed by atoms with Gasteiger partial charge in [0.15, 0.2) is 0 Å². The fraction of sp³-hybridized carbons (Fsp3) is 0.462. The largest absolute Gasteiger partial charge is 0.339 e. The molecule has 0 aliphatic rings. The van der Waals surface area contributed by atoms with Gasteiger partial charge in [0.05, 0.1) is 5.69 Å². The first-order chi connectivity index (χ1) is 9.26. The molecule has 0 aliphatic heterocycles. The van der Waals surface area contributed by atoms with Gasteiger partial charge in [-0.25, -0.2) is 0 Å². The summed E-state index contributed by atoms with van der Waals surface area (Å²) in [7, 11) is 0. The van der Waals surface area contributed by atoms with E-state index in [1.807, 2.05) is 30.3 Å². The van der Waals surface area contributed by atoms with Gasteiger partial charge in [0.1, 0.15) is 0 Å². The predicted molar refractivity (Wildman–Crippen MR) is 75.3 cm³/mol. The summed E-state index contributed by atoms with van der Waals surface area (Å²) in [5.74, 6) is 1.16. The monoisotopic (exact) mass is 260 g/mol. The van der Waals surface area contributed by atoms with E-state index in [1.54, 1.807) is 4.68 Å². The summed E-state index contributed by atoms with van der Waals surface area (Å²) in [6.07, 6.45) is 0. The van der Waals surface area contributed by atoms with Gasteiger partial charge in [-0.1, -0.05) is 30.2 Å². The number of tetrazole rings is 1. The summed E-state index contributed by atoms with van der Waals surface area (Å²) >= 11 is 0. The van der Waals surface area contributed by atoms with Gasteiger partial charge in [0, 0.05) is 13.1 Å². The second-order valence-electron chi connectivity index (χ2n) is 4.61. The highest BCUT2D eigenvalue weighted by molar-refractivity contribution is 5.40. The van der Waals surface area contributed by atoms with Crippen LogP contribution in [-0.2, 0) is 0 Å². The average molecular weight is 260 g/mol. The molecule has 1 heterocycles. The summed E-state index contributed by atoms with van der Waals surface area (Å²) in [6.45, 7) is 6.56. The Morgan fingerprint density at radius 1 is 1.32 bits per heavy atom. The van der Waals surface area contributed by atoms with Crippen molar-refractivity contribution < 1.29 is 0 Å². The summed E-state index contributed by atoms with van der Waals surface area (Å²) in [5.41, 5.74) is 6.65. The van der Waals surface area contributed by atoms with Crippen LogP contribution in [0.1, 0.15) is 13.8 Å². The molecule has 19 heavy (non-hydrogen) atoms. The van der Waals surface area contributed by atoms with Crippen molar-refractivity contribution in [2.45, 2.75) is 13.8 Å². The Bertz CT molecular complexity index is 495. The maximum Gasteiger partial charge on any atom is 0.250 e. The molecule has 1 unspecified atom stereocenters. The van der Waals surface area contributed by atoms with Crippen molar-refractivity contribution in [3.63, 3.8) is 0 Å². The Balaban J connectivity index is 2.27. The van der Waals surface area contributed by atoms with Gasteiger partial charge in [0.2, 0.25) is 5.95 Å². The van der Waals surface area contributed by atoms with Gasteiger partial charge in [-0.15, -0.1) is 0 Å². The number of para-hydroxylation sites is 1. The van der Waals surface area contributed by atoms with Gasteiger partial charge >= 0.3 is 0 Å². The smallest absolute Gasteiger partial charge is 0.250 e. The lowest BCUT2D eigenvalue weighted by Crippen LogP contribution is -2.33. The lowest BCUT2D eigenvalue weighted by atomic mass is 10.2. The second-order valence-corrected chi connectivity index (χ2v) is 4.61. The second kappa shape index (κ2) is 6.29. The van der Waals surface area contributed by atoms with Crippen molar-refractivity contribution in [3.8, 4) is 5.69 Å². The van der Waals surface area contributed by atoms with E-state index in [9.17, 15) is 0 Å². The molecule has 0 bridgehead atoms. The Labute approximate surface area is 113 Å². The summed E-state index contributed by atoms with van der Waals surface area (Å²) in [6, 6.07) is 9.89. The Morgan fingerprint density at radius 3 is 2.68 bits per heavy atom. The fourth-order valence-corrected chi connectivity index (χ4v) is 1.92. The van der Waals surface area contributed by atoms with E-state index in [1.165, 1.54) is 0 Å². The number of hydrogen-bond acceptors (Lipinski definition) is 5. The normalized spacial score (nSPS) is 12.4. The minimum absolute atomic E-state index is 0.404. The third kappa shape index (κ3) is 3.08. The topological polar surface area (TPSA) is 72.9 Å². The number of hydrogen-bond donors (Lipinski definition) is 1. The van der Waals surface area contributed by atoms with Crippen LogP contribution in [0.4, 0.5) is 5.95 Å². The first kappa shape index (κ1) is 13.5. The van der Waals surface area contributed by atoms with Crippen molar-refractivity contribution in [3.05, 3.63) is 30.3 Å². The number of nitrogens with two attached hydrogens (primary N) is 1. The SMILES string of the molecule is CCN(CC(C)CN)c1nnnn1-c1ccccc1. The average Bonchev–Trinajstić information content (AvgIpc) is 2.94. The highest BCUT2D eigenvalue weighted by Gasteiger charge is 2.16. The Hall–Kier alpha value is -1.95. The minimum atomic E-state index is 0.404. The van der Waals surface area contributed by atoms with Crippen LogP contribution in [0, 0.1) is 5.92 Å². The van der Waals surface area contributed by atoms with Crippen LogP contribution >= 0.6 is 0 Å². The molecule has 2 aromatic rings. The number of aromatic nitrogens is 4. The molecule has 6 heteroatoms. The van der Waals surface area contributed by atoms with Crippen LogP contribution in [0.3, 0.4) is 0 Å². The molecule has 0 fully saturated rings. The lowest BCUT2D eigenvalue weighted by Gasteiger charge is -2.24. The van der Waals surface area contributed by atoms with E-state index in [2.05, 4.69) is 34.3 Å². The fourth-order valence-electron chi connectivity index (χ4n) is 1.92. The lowest BCUT2D eigenvalue weighted by molar-refractivity contribution is 0.565. The van der Waals surface area contributed by atoms with Crippen LogP contribution in [0.2, 0.25) is 0 Å². The Morgan fingerprint density at radius 2 is 2.05 bits per heavy atom. The molecule has 0 radical (unpaired) electrons. The quantitative estimate of drug-likeness (QED) is 0.841. The maximum absolute atomic E-state index is 5.69. The van der Waals surface area contributed by atoms with Crippen LogP contribution in [0.15, 0.2) is 30.3 Å². The zero-order valence-corrected chi connectivity index (χ0v) is 11.4. The molecule has 6 nitrogen and oxygen atoms in total. The van der Waals surface area contributed by atoms with Crippen molar-refractivity contribution in [2.75, 3.05) is 24.5 Å². The summed E-state index contributed by atoms with van der Waals surface area (Å²) in [5, 5.41) is 12.0. The van der Waals surface area contributed by atoms with E-state index < -0.39 is 0 Å². The van der Waals surface area contributed by atoms with E-state index in [4.69, 9.17) is 5.73 Å². The number of benzene rings is 1. The predicted octanol–water partition coefficient (Wildman–Crippen LogP) is 1.08. The van der Waals surface area contributed by atoms with Crippen LogP contribution in [0.5, 0.6) is 0 Å². The molecular weight excluding hydrogens is 240 g/mol.